The van der Waals surface area contributed by atoms with Crippen LogP contribution in [-0.4, -0.2) is 80.6 Å². The van der Waals surface area contributed by atoms with Crippen molar-refractivity contribution in [2.75, 3.05) is 18.0 Å². The molecule has 1 aromatic heterocycles. The zero-order valence-electron chi connectivity index (χ0n) is 32.1. The van der Waals surface area contributed by atoms with Crippen LogP contribution in [0, 0.1) is 0 Å². The summed E-state index contributed by atoms with van der Waals surface area (Å²) in [6.45, 7) is 15.5. The lowest BCUT2D eigenvalue weighted by atomic mass is 9.78. The fraction of sp³-hybridized carbons (Fsp3) is 0.419. The number of aromatic nitrogens is 2. The van der Waals surface area contributed by atoms with Crippen molar-refractivity contribution in [3.05, 3.63) is 113 Å². The van der Waals surface area contributed by atoms with E-state index < -0.39 is 5.60 Å². The lowest BCUT2D eigenvalue weighted by Crippen LogP contribution is -2.59. The number of nitrogens with zero attached hydrogens (tertiary/aromatic N) is 5. The molecule has 3 aromatic carbocycles. The van der Waals surface area contributed by atoms with Gasteiger partial charge in [-0.1, -0.05) is 50.2 Å². The third-order valence-corrected chi connectivity index (χ3v) is 10.6. The molecule has 7 rings (SSSR count). The molecule has 1 aliphatic carbocycles. The molecule has 0 bridgehead atoms. The fourth-order valence-corrected chi connectivity index (χ4v) is 7.60. The minimum atomic E-state index is -0.551. The van der Waals surface area contributed by atoms with Gasteiger partial charge < -0.3 is 19.1 Å². The van der Waals surface area contributed by atoms with Gasteiger partial charge in [-0.05, 0) is 88.2 Å². The van der Waals surface area contributed by atoms with Crippen LogP contribution < -0.4 is 14.4 Å². The van der Waals surface area contributed by atoms with Gasteiger partial charge in [0.1, 0.15) is 29.8 Å². The molecule has 0 radical (unpaired) electrons. The normalized spacial score (nSPS) is 21.4. The molecular weight excluding hydrogens is 683 g/mol. The molecule has 3 amide bonds. The molecule has 11 heteroatoms. The number of ether oxygens (including phenoxy) is 3. The Morgan fingerprint density at radius 3 is 1.89 bits per heavy atom. The van der Waals surface area contributed by atoms with Crippen LogP contribution in [0.15, 0.2) is 85.1 Å². The summed E-state index contributed by atoms with van der Waals surface area (Å²) in [5.74, 6) is 1.71. The van der Waals surface area contributed by atoms with Gasteiger partial charge in [0.05, 0.1) is 28.9 Å². The van der Waals surface area contributed by atoms with Crippen molar-refractivity contribution in [1.82, 2.24) is 19.8 Å². The Morgan fingerprint density at radius 2 is 1.33 bits per heavy atom. The first-order valence-electron chi connectivity index (χ1n) is 18.7. The summed E-state index contributed by atoms with van der Waals surface area (Å²) in [6, 6.07) is 24.9. The molecule has 2 aliphatic heterocycles. The Bertz CT molecular complexity index is 1970. The maximum Gasteiger partial charge on any atom is 0.410 e. The summed E-state index contributed by atoms with van der Waals surface area (Å²) >= 11 is 0. The summed E-state index contributed by atoms with van der Waals surface area (Å²) in [4.78, 5) is 53.2. The number of hydrogen-bond acceptors (Lipinski definition) is 9. The lowest BCUT2D eigenvalue weighted by Gasteiger charge is -2.44. The number of amides is 3. The maximum absolute atomic E-state index is 12.9. The second-order valence-electron chi connectivity index (χ2n) is 16.2. The van der Waals surface area contributed by atoms with Crippen LogP contribution in [0.5, 0.6) is 11.5 Å². The van der Waals surface area contributed by atoms with Gasteiger partial charge in [0.25, 0.3) is 11.8 Å². The topological polar surface area (TPSA) is 114 Å². The Balaban J connectivity index is 0.904. The first-order valence-corrected chi connectivity index (χ1v) is 18.7. The molecule has 0 unspecified atom stereocenters. The molecule has 1 saturated carbocycles. The number of fused-ring (bicyclic) bond motifs is 1. The van der Waals surface area contributed by atoms with E-state index in [0.717, 1.165) is 28.3 Å². The van der Waals surface area contributed by atoms with Crippen molar-refractivity contribution in [3.63, 3.8) is 0 Å². The smallest absolute Gasteiger partial charge is 0.410 e. The molecule has 0 N–H and O–H groups in total. The predicted octanol–water partition coefficient (Wildman–Crippen LogP) is 7.42. The second-order valence-corrected chi connectivity index (χ2v) is 16.2. The van der Waals surface area contributed by atoms with Crippen LogP contribution in [-0.2, 0) is 16.8 Å². The average molecular weight is 732 g/mol. The minimum absolute atomic E-state index is 0.0476. The highest BCUT2D eigenvalue weighted by Gasteiger charge is 2.46. The molecule has 282 valence electrons. The van der Waals surface area contributed by atoms with Gasteiger partial charge in [-0.25, -0.2) is 14.8 Å². The summed E-state index contributed by atoms with van der Waals surface area (Å²) in [5, 5.41) is 0. The van der Waals surface area contributed by atoms with Gasteiger partial charge >= 0.3 is 6.09 Å². The van der Waals surface area contributed by atoms with Crippen LogP contribution in [0.4, 0.5) is 10.7 Å². The number of anilines is 1. The van der Waals surface area contributed by atoms with E-state index in [1.165, 1.54) is 4.90 Å². The molecule has 1 saturated heterocycles. The molecular formula is C43H49N5O6. The zero-order chi connectivity index (χ0) is 38.4. The van der Waals surface area contributed by atoms with E-state index in [9.17, 15) is 14.4 Å². The predicted molar refractivity (Wildman–Crippen MR) is 205 cm³/mol. The lowest BCUT2D eigenvalue weighted by molar-refractivity contribution is 0.00541. The van der Waals surface area contributed by atoms with Gasteiger partial charge in [-0.15, -0.1) is 0 Å². The molecule has 11 nitrogen and oxygen atoms in total. The van der Waals surface area contributed by atoms with Crippen molar-refractivity contribution >= 4 is 23.9 Å². The van der Waals surface area contributed by atoms with E-state index in [2.05, 4.69) is 48.0 Å². The maximum atomic E-state index is 12.9. The van der Waals surface area contributed by atoms with Crippen molar-refractivity contribution in [3.8, 4) is 11.5 Å². The van der Waals surface area contributed by atoms with E-state index in [1.54, 1.807) is 35.4 Å². The molecule has 2 atom stereocenters. The molecule has 2 fully saturated rings. The first kappa shape index (κ1) is 36.9. The van der Waals surface area contributed by atoms with Crippen molar-refractivity contribution < 1.29 is 28.6 Å². The third-order valence-electron chi connectivity index (χ3n) is 10.6. The SMILES string of the molecule is C[C@@H]1CN(c2nccc(COc3ccc(C(C)(C)c4ccc(OC5CC(N6C(=O)c7ccccc7C6=O)C5)cc4)cc3)n2)C[C@H](C)N1C(=O)OC(C)(C)C. The van der Waals surface area contributed by atoms with Gasteiger partial charge in [0, 0.05) is 43.6 Å². The first-order chi connectivity index (χ1) is 25.7. The largest absolute Gasteiger partial charge is 0.490 e. The highest BCUT2D eigenvalue weighted by molar-refractivity contribution is 6.21. The number of benzene rings is 3. The van der Waals surface area contributed by atoms with E-state index in [4.69, 9.17) is 19.2 Å². The van der Waals surface area contributed by atoms with Crippen LogP contribution in [0.2, 0.25) is 0 Å². The van der Waals surface area contributed by atoms with Crippen LogP contribution in [0.3, 0.4) is 0 Å². The van der Waals surface area contributed by atoms with E-state index in [-0.39, 0.29) is 47.6 Å². The number of carbonyl (C=O) groups is 3. The van der Waals surface area contributed by atoms with Gasteiger partial charge in [-0.2, -0.15) is 0 Å². The molecule has 3 aliphatic rings. The van der Waals surface area contributed by atoms with Gasteiger partial charge in [0.2, 0.25) is 5.95 Å². The van der Waals surface area contributed by atoms with Crippen molar-refractivity contribution in [2.24, 2.45) is 0 Å². The molecule has 3 heterocycles. The summed E-state index contributed by atoms with van der Waals surface area (Å²) in [6.07, 6.45) is 2.65. The zero-order valence-corrected chi connectivity index (χ0v) is 32.1. The van der Waals surface area contributed by atoms with E-state index >= 15 is 0 Å². The number of imide groups is 1. The molecule has 54 heavy (non-hydrogen) atoms. The summed E-state index contributed by atoms with van der Waals surface area (Å²) in [5.41, 5.74) is 3.20. The minimum Gasteiger partial charge on any atom is -0.490 e. The summed E-state index contributed by atoms with van der Waals surface area (Å²) < 4.78 is 18.0. The van der Waals surface area contributed by atoms with Crippen LogP contribution in [0.25, 0.3) is 0 Å². The molecule has 0 spiro atoms. The van der Waals surface area contributed by atoms with Crippen LogP contribution >= 0.6 is 0 Å². The van der Waals surface area contributed by atoms with Gasteiger partial charge in [0.15, 0.2) is 0 Å². The summed E-state index contributed by atoms with van der Waals surface area (Å²) in [7, 11) is 0. The Hall–Kier alpha value is -5.45. The van der Waals surface area contributed by atoms with Crippen molar-refractivity contribution in [2.45, 2.75) is 103 Å². The fourth-order valence-electron chi connectivity index (χ4n) is 7.60. The number of rotatable bonds is 9. The Labute approximate surface area is 317 Å². The van der Waals surface area contributed by atoms with Crippen LogP contribution in [0.1, 0.15) is 98.8 Å². The number of carbonyl (C=O) groups excluding carboxylic acids is 3. The second kappa shape index (κ2) is 14.4. The standard InChI is InChI=1S/C43H49N5O6/c1-27-24-46(25-28(2)47(27)41(51)54-42(3,4)5)40-44-21-20-31(45-40)26-52-33-16-12-29(13-17-33)43(6,7)30-14-18-34(19-15-30)53-35-22-32(23-35)48-38(49)36-10-8-9-11-37(36)39(48)50/h8-21,27-28,32,35H,22-26H2,1-7H3/t27-,28+,32?,35?. The number of hydrogen-bond donors (Lipinski definition) is 0. The Kier molecular flexibility index (Phi) is 9.85. The third kappa shape index (κ3) is 7.49. The monoisotopic (exact) mass is 731 g/mol. The van der Waals surface area contributed by atoms with E-state index in [1.807, 2.05) is 65.0 Å². The molecule has 4 aromatic rings. The quantitative estimate of drug-likeness (QED) is 0.162. The highest BCUT2D eigenvalue weighted by atomic mass is 16.6. The average Bonchev–Trinajstić information content (AvgIpc) is 3.36. The number of piperazine rings is 1. The highest BCUT2D eigenvalue weighted by Crippen LogP contribution is 2.37. The Morgan fingerprint density at radius 1 is 0.778 bits per heavy atom. The van der Waals surface area contributed by atoms with Gasteiger partial charge in [-0.3, -0.25) is 19.4 Å². The van der Waals surface area contributed by atoms with E-state index in [0.29, 0.717) is 49.6 Å². The van der Waals surface area contributed by atoms with Crippen molar-refractivity contribution in [1.29, 1.82) is 0 Å².